The van der Waals surface area contributed by atoms with Gasteiger partial charge in [-0.25, -0.2) is 0 Å². The minimum absolute atomic E-state index is 0.359. The van der Waals surface area contributed by atoms with Crippen LogP contribution in [0.1, 0.15) is 18.0 Å². The van der Waals surface area contributed by atoms with Crippen LogP contribution < -0.4 is 5.32 Å². The van der Waals surface area contributed by atoms with E-state index in [4.69, 9.17) is 0 Å². The lowest BCUT2D eigenvalue weighted by molar-refractivity contribution is 0.539. The first-order valence-electron chi connectivity index (χ1n) is 7.25. The van der Waals surface area contributed by atoms with Crippen molar-refractivity contribution in [3.8, 4) is 0 Å². The van der Waals surface area contributed by atoms with E-state index in [1.807, 2.05) is 7.05 Å². The van der Waals surface area contributed by atoms with Crippen molar-refractivity contribution in [2.75, 3.05) is 13.6 Å². The summed E-state index contributed by atoms with van der Waals surface area (Å²) in [5.41, 5.74) is 2.64. The third-order valence-corrected chi connectivity index (χ3v) is 4.36. The lowest BCUT2D eigenvalue weighted by atomic mass is 10.0. The number of fused-ring (bicyclic) bond motifs is 1. The summed E-state index contributed by atoms with van der Waals surface area (Å²) in [4.78, 5) is 0. The van der Waals surface area contributed by atoms with Crippen LogP contribution in [-0.4, -0.2) is 18.2 Å². The first-order chi connectivity index (χ1) is 10.3. The quantitative estimate of drug-likeness (QED) is 0.716. The van der Waals surface area contributed by atoms with E-state index in [9.17, 15) is 0 Å². The largest absolute Gasteiger partial charge is 0.340 e. The second kappa shape index (κ2) is 6.46. The molecule has 1 N–H and O–H groups in total. The Labute approximate surface area is 133 Å². The summed E-state index contributed by atoms with van der Waals surface area (Å²) in [6.07, 6.45) is 3.27. The van der Waals surface area contributed by atoms with Gasteiger partial charge in [-0.05, 0) is 49.8 Å². The summed E-state index contributed by atoms with van der Waals surface area (Å²) in [6.45, 7) is 0.996. The van der Waals surface area contributed by atoms with Gasteiger partial charge in [0.15, 0.2) is 0 Å². The fourth-order valence-corrected chi connectivity index (χ4v) is 3.21. The summed E-state index contributed by atoms with van der Waals surface area (Å²) in [5, 5.41) is 4.54. The van der Waals surface area contributed by atoms with Crippen molar-refractivity contribution in [2.45, 2.75) is 12.5 Å². The Morgan fingerprint density at radius 2 is 1.90 bits per heavy atom. The van der Waals surface area contributed by atoms with Gasteiger partial charge in [0, 0.05) is 21.6 Å². The molecule has 2 nitrogen and oxygen atoms in total. The maximum atomic E-state index is 3.55. The van der Waals surface area contributed by atoms with E-state index in [0.717, 1.165) is 17.4 Å². The van der Waals surface area contributed by atoms with Gasteiger partial charge in [0.05, 0.1) is 6.04 Å². The highest BCUT2D eigenvalue weighted by molar-refractivity contribution is 9.10. The van der Waals surface area contributed by atoms with Gasteiger partial charge in [-0.1, -0.05) is 46.3 Å². The Kier molecular flexibility index (Phi) is 4.42. The number of rotatable bonds is 5. The molecule has 108 valence electrons. The summed E-state index contributed by atoms with van der Waals surface area (Å²) in [7, 11) is 2.01. The van der Waals surface area contributed by atoms with Gasteiger partial charge in [-0.3, -0.25) is 0 Å². The van der Waals surface area contributed by atoms with Gasteiger partial charge >= 0.3 is 0 Å². The molecule has 0 amide bonds. The van der Waals surface area contributed by atoms with Crippen LogP contribution in [-0.2, 0) is 0 Å². The summed E-state index contributed by atoms with van der Waals surface area (Å²) in [5.74, 6) is 0. The van der Waals surface area contributed by atoms with E-state index in [1.165, 1.54) is 16.5 Å². The molecular formula is C18H19BrN2. The number of nitrogens with zero attached hydrogens (tertiary/aromatic N) is 1. The Balaban J connectivity index is 2.06. The minimum atomic E-state index is 0.359. The molecule has 0 aliphatic carbocycles. The molecule has 1 heterocycles. The Hall–Kier alpha value is -1.58. The molecule has 0 bridgehead atoms. The summed E-state index contributed by atoms with van der Waals surface area (Å²) in [6, 6.07) is 19.8. The van der Waals surface area contributed by atoms with Crippen molar-refractivity contribution in [3.05, 3.63) is 70.8 Å². The SMILES string of the molecule is CNCCC(c1ccccc1)n1ccc2cc(Br)ccc21. The van der Waals surface area contributed by atoms with Crippen molar-refractivity contribution < 1.29 is 0 Å². The molecule has 0 radical (unpaired) electrons. The zero-order valence-electron chi connectivity index (χ0n) is 12.1. The number of halogens is 1. The molecule has 1 atom stereocenters. The van der Waals surface area contributed by atoms with Gasteiger partial charge in [-0.15, -0.1) is 0 Å². The number of nitrogens with one attached hydrogen (secondary N) is 1. The van der Waals surface area contributed by atoms with Crippen LogP contribution in [0.3, 0.4) is 0 Å². The lowest BCUT2D eigenvalue weighted by Crippen LogP contribution is -2.17. The van der Waals surface area contributed by atoms with Crippen molar-refractivity contribution >= 4 is 26.8 Å². The molecule has 1 aromatic heterocycles. The van der Waals surface area contributed by atoms with Gasteiger partial charge in [-0.2, -0.15) is 0 Å². The average molecular weight is 343 g/mol. The fourth-order valence-electron chi connectivity index (χ4n) is 2.83. The normalized spacial score (nSPS) is 12.7. The van der Waals surface area contributed by atoms with Gasteiger partial charge in [0.2, 0.25) is 0 Å². The summed E-state index contributed by atoms with van der Waals surface area (Å²) < 4.78 is 3.51. The number of hydrogen-bond acceptors (Lipinski definition) is 1. The molecule has 3 heteroatoms. The third-order valence-electron chi connectivity index (χ3n) is 3.87. The van der Waals surface area contributed by atoms with E-state index in [2.05, 4.69) is 86.6 Å². The predicted octanol–water partition coefficient (Wildman–Crippen LogP) is 4.60. The molecule has 3 aromatic rings. The number of aromatic nitrogens is 1. The second-order valence-corrected chi connectivity index (χ2v) is 6.16. The van der Waals surface area contributed by atoms with E-state index in [0.29, 0.717) is 6.04 Å². The molecule has 0 fully saturated rings. The maximum absolute atomic E-state index is 3.55. The lowest BCUT2D eigenvalue weighted by Gasteiger charge is -2.21. The van der Waals surface area contributed by atoms with Crippen molar-refractivity contribution in [1.29, 1.82) is 0 Å². The minimum Gasteiger partial charge on any atom is -0.340 e. The van der Waals surface area contributed by atoms with Crippen LogP contribution in [0.5, 0.6) is 0 Å². The maximum Gasteiger partial charge on any atom is 0.0598 e. The van der Waals surface area contributed by atoms with Crippen LogP contribution in [0, 0.1) is 0 Å². The highest BCUT2D eigenvalue weighted by atomic mass is 79.9. The van der Waals surface area contributed by atoms with Gasteiger partial charge in [0.1, 0.15) is 0 Å². The van der Waals surface area contributed by atoms with Crippen molar-refractivity contribution in [2.24, 2.45) is 0 Å². The number of hydrogen-bond donors (Lipinski definition) is 1. The second-order valence-electron chi connectivity index (χ2n) is 5.24. The van der Waals surface area contributed by atoms with Crippen LogP contribution in [0.2, 0.25) is 0 Å². The Bertz CT molecular complexity index is 718. The van der Waals surface area contributed by atoms with Crippen molar-refractivity contribution in [1.82, 2.24) is 9.88 Å². The van der Waals surface area contributed by atoms with E-state index < -0.39 is 0 Å². The highest BCUT2D eigenvalue weighted by Gasteiger charge is 2.15. The molecule has 21 heavy (non-hydrogen) atoms. The Morgan fingerprint density at radius 3 is 2.67 bits per heavy atom. The first-order valence-corrected chi connectivity index (χ1v) is 8.04. The van der Waals surface area contributed by atoms with E-state index >= 15 is 0 Å². The van der Waals surface area contributed by atoms with Crippen LogP contribution in [0.4, 0.5) is 0 Å². The zero-order chi connectivity index (χ0) is 14.7. The molecule has 0 aliphatic heterocycles. The van der Waals surface area contributed by atoms with Crippen molar-refractivity contribution in [3.63, 3.8) is 0 Å². The highest BCUT2D eigenvalue weighted by Crippen LogP contribution is 2.29. The zero-order valence-corrected chi connectivity index (χ0v) is 13.7. The Morgan fingerprint density at radius 1 is 1.10 bits per heavy atom. The molecular weight excluding hydrogens is 324 g/mol. The standard InChI is InChI=1S/C18H19BrN2/c1-20-11-9-18(14-5-3-2-4-6-14)21-12-10-15-13-16(19)7-8-17(15)21/h2-8,10,12-13,18,20H,9,11H2,1H3. The van der Waals surface area contributed by atoms with Gasteiger partial charge in [0.25, 0.3) is 0 Å². The molecule has 3 rings (SSSR count). The molecule has 2 aromatic carbocycles. The molecule has 0 spiro atoms. The average Bonchev–Trinajstić information content (AvgIpc) is 2.92. The van der Waals surface area contributed by atoms with Gasteiger partial charge < -0.3 is 9.88 Å². The molecule has 0 saturated carbocycles. The predicted molar refractivity (Wildman–Crippen MR) is 92.8 cm³/mol. The monoisotopic (exact) mass is 342 g/mol. The first kappa shape index (κ1) is 14.4. The van der Waals surface area contributed by atoms with E-state index in [1.54, 1.807) is 0 Å². The third kappa shape index (κ3) is 3.04. The van der Waals surface area contributed by atoms with E-state index in [-0.39, 0.29) is 0 Å². The topological polar surface area (TPSA) is 17.0 Å². The summed E-state index contributed by atoms with van der Waals surface area (Å²) >= 11 is 3.55. The van der Waals surface area contributed by atoms with Crippen LogP contribution in [0.25, 0.3) is 10.9 Å². The molecule has 1 unspecified atom stereocenters. The smallest absolute Gasteiger partial charge is 0.0598 e. The fraction of sp³-hybridized carbons (Fsp3) is 0.222. The number of benzene rings is 2. The van der Waals surface area contributed by atoms with Crippen LogP contribution in [0.15, 0.2) is 65.3 Å². The molecule has 0 aliphatic rings. The van der Waals surface area contributed by atoms with Crippen LogP contribution >= 0.6 is 15.9 Å². The molecule has 0 saturated heterocycles.